The molecule has 1 atom stereocenters. The predicted molar refractivity (Wildman–Crippen MR) is 144 cm³/mol. The Morgan fingerprint density at radius 3 is 2.36 bits per heavy atom. The molecule has 2 aromatic carbocycles. The van der Waals surface area contributed by atoms with Gasteiger partial charge in [-0.15, -0.1) is 0 Å². The Bertz CT molecular complexity index is 1110. The maximum atomic E-state index is 13.3. The molecule has 0 aliphatic heterocycles. The molecule has 36 heavy (non-hydrogen) atoms. The van der Waals surface area contributed by atoms with Gasteiger partial charge in [0.05, 0.1) is 11.9 Å². The van der Waals surface area contributed by atoms with Crippen LogP contribution in [0, 0.1) is 6.92 Å². The van der Waals surface area contributed by atoms with Gasteiger partial charge < -0.3 is 10.2 Å². The van der Waals surface area contributed by atoms with Crippen LogP contribution in [-0.4, -0.2) is 56.6 Å². The molecule has 0 saturated heterocycles. The highest BCUT2D eigenvalue weighted by Gasteiger charge is 2.28. The Morgan fingerprint density at radius 1 is 1.03 bits per heavy atom. The van der Waals surface area contributed by atoms with E-state index < -0.39 is 16.1 Å². The van der Waals surface area contributed by atoms with Crippen molar-refractivity contribution in [2.24, 2.45) is 0 Å². The highest BCUT2D eigenvalue weighted by atomic mass is 32.2. The molecule has 8 heteroatoms. The number of anilines is 1. The standard InChI is InChI=1S/C28H39N3O4S/c1-22-11-9-16-26(21-22)31(36(3,34)35)19-10-17-27(32)30(20-18-24-12-5-4-6-13-24)23(2)28(33)29-25-14-7-8-15-25/h4-6,9,11-13,16,21,23,25H,7-8,10,14-15,17-20H2,1-3H3,(H,29,33). The molecule has 0 bridgehead atoms. The zero-order chi connectivity index (χ0) is 26.1. The van der Waals surface area contributed by atoms with Gasteiger partial charge in [-0.2, -0.15) is 0 Å². The molecule has 0 heterocycles. The number of benzene rings is 2. The lowest BCUT2D eigenvalue weighted by Gasteiger charge is -2.30. The first kappa shape index (κ1) is 27.7. The molecule has 196 valence electrons. The van der Waals surface area contributed by atoms with Gasteiger partial charge in [0.2, 0.25) is 21.8 Å². The predicted octanol–water partition coefficient (Wildman–Crippen LogP) is 4.06. The van der Waals surface area contributed by atoms with Crippen molar-refractivity contribution in [2.45, 2.75) is 70.9 Å². The van der Waals surface area contributed by atoms with Crippen LogP contribution in [0.1, 0.15) is 56.6 Å². The summed E-state index contributed by atoms with van der Waals surface area (Å²) in [5.74, 6) is -0.265. The third kappa shape index (κ3) is 8.08. The van der Waals surface area contributed by atoms with Crippen LogP contribution in [0.15, 0.2) is 54.6 Å². The number of nitrogens with zero attached hydrogens (tertiary/aromatic N) is 2. The van der Waals surface area contributed by atoms with E-state index in [1.807, 2.05) is 55.5 Å². The van der Waals surface area contributed by atoms with E-state index in [-0.39, 0.29) is 30.8 Å². The van der Waals surface area contributed by atoms with E-state index in [9.17, 15) is 18.0 Å². The van der Waals surface area contributed by atoms with Gasteiger partial charge in [0.1, 0.15) is 6.04 Å². The summed E-state index contributed by atoms with van der Waals surface area (Å²) in [5, 5.41) is 3.11. The van der Waals surface area contributed by atoms with Crippen LogP contribution in [0.3, 0.4) is 0 Å². The summed E-state index contributed by atoms with van der Waals surface area (Å²) in [6.45, 7) is 4.32. The van der Waals surface area contributed by atoms with E-state index in [2.05, 4.69) is 5.32 Å². The van der Waals surface area contributed by atoms with E-state index >= 15 is 0 Å². The minimum Gasteiger partial charge on any atom is -0.352 e. The van der Waals surface area contributed by atoms with Gasteiger partial charge in [-0.1, -0.05) is 55.3 Å². The van der Waals surface area contributed by atoms with Crippen LogP contribution in [0.4, 0.5) is 5.69 Å². The van der Waals surface area contributed by atoms with Crippen LogP contribution < -0.4 is 9.62 Å². The first-order chi connectivity index (χ1) is 17.1. The van der Waals surface area contributed by atoms with Gasteiger partial charge in [-0.3, -0.25) is 13.9 Å². The number of carbonyl (C=O) groups is 2. The first-order valence-corrected chi connectivity index (χ1v) is 14.7. The number of sulfonamides is 1. The normalized spacial score (nSPS) is 14.9. The van der Waals surface area contributed by atoms with E-state index in [1.54, 1.807) is 17.9 Å². The fraction of sp³-hybridized carbons (Fsp3) is 0.500. The molecule has 2 aromatic rings. The van der Waals surface area contributed by atoms with Gasteiger partial charge in [-0.05, 0) is 62.8 Å². The van der Waals surface area contributed by atoms with Crippen molar-refractivity contribution in [1.82, 2.24) is 10.2 Å². The molecule has 1 saturated carbocycles. The molecule has 7 nitrogen and oxygen atoms in total. The average molecular weight is 514 g/mol. The molecule has 1 N–H and O–H groups in total. The van der Waals surface area contributed by atoms with Crippen molar-refractivity contribution >= 4 is 27.5 Å². The van der Waals surface area contributed by atoms with Gasteiger partial charge >= 0.3 is 0 Å². The topological polar surface area (TPSA) is 86.8 Å². The summed E-state index contributed by atoms with van der Waals surface area (Å²) < 4.78 is 26.2. The van der Waals surface area contributed by atoms with E-state index in [1.165, 1.54) is 10.6 Å². The Hall–Kier alpha value is -2.87. The number of carbonyl (C=O) groups excluding carboxylic acids is 2. The highest BCUT2D eigenvalue weighted by Crippen LogP contribution is 2.21. The number of rotatable bonds is 12. The Balaban J connectivity index is 1.67. The zero-order valence-electron chi connectivity index (χ0n) is 21.7. The number of hydrogen-bond donors (Lipinski definition) is 1. The van der Waals surface area contributed by atoms with Crippen LogP contribution in [0.5, 0.6) is 0 Å². The summed E-state index contributed by atoms with van der Waals surface area (Å²) in [6, 6.07) is 16.8. The molecule has 0 radical (unpaired) electrons. The lowest BCUT2D eigenvalue weighted by molar-refractivity contribution is -0.140. The maximum Gasteiger partial charge on any atom is 0.242 e. The molecule has 2 amide bonds. The smallest absolute Gasteiger partial charge is 0.242 e. The van der Waals surface area contributed by atoms with E-state index in [0.29, 0.717) is 25.1 Å². The van der Waals surface area contributed by atoms with Gasteiger partial charge in [0, 0.05) is 25.6 Å². The Morgan fingerprint density at radius 2 is 1.72 bits per heavy atom. The second-order valence-electron chi connectivity index (χ2n) is 9.77. The molecule has 3 rings (SSSR count). The third-order valence-corrected chi connectivity index (χ3v) is 7.99. The molecular weight excluding hydrogens is 474 g/mol. The maximum absolute atomic E-state index is 13.3. The summed E-state index contributed by atoms with van der Waals surface area (Å²) >= 11 is 0. The van der Waals surface area contributed by atoms with E-state index in [4.69, 9.17) is 0 Å². The quantitative estimate of drug-likeness (QED) is 0.464. The lowest BCUT2D eigenvalue weighted by atomic mass is 10.1. The molecule has 1 unspecified atom stereocenters. The molecule has 1 aliphatic rings. The average Bonchev–Trinajstić information content (AvgIpc) is 3.34. The number of amides is 2. The molecule has 0 aromatic heterocycles. The van der Waals surface area contributed by atoms with Crippen LogP contribution in [0.2, 0.25) is 0 Å². The largest absolute Gasteiger partial charge is 0.352 e. The van der Waals surface area contributed by atoms with Crippen molar-refractivity contribution < 1.29 is 18.0 Å². The fourth-order valence-corrected chi connectivity index (χ4v) is 5.71. The van der Waals surface area contributed by atoms with Crippen molar-refractivity contribution in [3.63, 3.8) is 0 Å². The number of nitrogens with one attached hydrogen (secondary N) is 1. The minimum absolute atomic E-state index is 0.124. The number of hydrogen-bond acceptors (Lipinski definition) is 4. The molecule has 1 aliphatic carbocycles. The monoisotopic (exact) mass is 513 g/mol. The Kier molecular flexibility index (Phi) is 9.93. The summed E-state index contributed by atoms with van der Waals surface area (Å²) in [5.41, 5.74) is 2.66. The second kappa shape index (κ2) is 12.9. The van der Waals surface area contributed by atoms with Gasteiger partial charge in [0.15, 0.2) is 0 Å². The third-order valence-electron chi connectivity index (χ3n) is 6.79. The number of aryl methyl sites for hydroxylation is 1. The molecular formula is C28H39N3O4S. The molecule has 1 fully saturated rings. The van der Waals surface area contributed by atoms with Gasteiger partial charge in [-0.25, -0.2) is 8.42 Å². The van der Waals surface area contributed by atoms with Gasteiger partial charge in [0.25, 0.3) is 0 Å². The lowest BCUT2D eigenvalue weighted by Crippen LogP contribution is -2.50. The van der Waals surface area contributed by atoms with Crippen LogP contribution in [0.25, 0.3) is 0 Å². The van der Waals surface area contributed by atoms with Crippen molar-refractivity contribution in [3.8, 4) is 0 Å². The zero-order valence-corrected chi connectivity index (χ0v) is 22.5. The second-order valence-corrected chi connectivity index (χ2v) is 11.7. The first-order valence-electron chi connectivity index (χ1n) is 12.8. The summed E-state index contributed by atoms with van der Waals surface area (Å²) in [4.78, 5) is 28.0. The summed E-state index contributed by atoms with van der Waals surface area (Å²) in [7, 11) is -3.50. The van der Waals surface area contributed by atoms with Crippen LogP contribution >= 0.6 is 0 Å². The highest BCUT2D eigenvalue weighted by molar-refractivity contribution is 7.92. The van der Waals surface area contributed by atoms with Crippen molar-refractivity contribution in [2.75, 3.05) is 23.7 Å². The SMILES string of the molecule is Cc1cccc(N(CCCC(=O)N(CCc2ccccc2)C(C)C(=O)NC2CCCC2)S(C)(=O)=O)c1. The summed E-state index contributed by atoms with van der Waals surface area (Å²) in [6.07, 6.45) is 6.55. The van der Waals surface area contributed by atoms with Crippen molar-refractivity contribution in [1.29, 1.82) is 0 Å². The van der Waals surface area contributed by atoms with Crippen molar-refractivity contribution in [3.05, 3.63) is 65.7 Å². The molecule has 0 spiro atoms. The Labute approximate surface area is 215 Å². The fourth-order valence-electron chi connectivity index (χ4n) is 4.75. The minimum atomic E-state index is -3.50. The van der Waals surface area contributed by atoms with Crippen LogP contribution in [-0.2, 0) is 26.0 Å². The van der Waals surface area contributed by atoms with E-state index in [0.717, 1.165) is 36.8 Å².